The quantitative estimate of drug-likeness (QED) is 0.639. The van der Waals surface area contributed by atoms with Gasteiger partial charge in [0.1, 0.15) is 0 Å². The summed E-state index contributed by atoms with van der Waals surface area (Å²) in [6.45, 7) is 2.20. The summed E-state index contributed by atoms with van der Waals surface area (Å²) >= 11 is 0. The molecule has 0 amide bonds. The predicted molar refractivity (Wildman–Crippen MR) is 81.8 cm³/mol. The summed E-state index contributed by atoms with van der Waals surface area (Å²) in [5, 5.41) is 0. The molecular formula is C17H28N2. The Kier molecular flexibility index (Phi) is 5.87. The van der Waals surface area contributed by atoms with Crippen molar-refractivity contribution in [1.29, 1.82) is 0 Å². The smallest absolute Gasteiger partial charge is 0.0279 e. The zero-order valence-electron chi connectivity index (χ0n) is 12.2. The molecule has 1 aliphatic rings. The summed E-state index contributed by atoms with van der Waals surface area (Å²) in [6.07, 6.45) is 10.7. The number of hydrogen-bond acceptors (Lipinski definition) is 2. The van der Waals surface area contributed by atoms with Crippen LogP contribution >= 0.6 is 0 Å². The molecule has 0 radical (unpaired) electrons. The lowest BCUT2D eigenvalue weighted by Gasteiger charge is -2.28. The number of aryl methyl sites for hydroxylation is 1. The first-order valence-electron chi connectivity index (χ1n) is 7.82. The van der Waals surface area contributed by atoms with E-state index in [1.54, 1.807) is 0 Å². The van der Waals surface area contributed by atoms with Crippen molar-refractivity contribution in [2.24, 2.45) is 11.8 Å². The van der Waals surface area contributed by atoms with Gasteiger partial charge in [-0.1, -0.05) is 56.4 Å². The van der Waals surface area contributed by atoms with Crippen LogP contribution in [-0.4, -0.2) is 6.04 Å². The van der Waals surface area contributed by atoms with Gasteiger partial charge in [0, 0.05) is 6.04 Å². The van der Waals surface area contributed by atoms with Crippen LogP contribution < -0.4 is 11.3 Å². The molecule has 0 heterocycles. The van der Waals surface area contributed by atoms with Gasteiger partial charge < -0.3 is 0 Å². The van der Waals surface area contributed by atoms with Crippen LogP contribution in [0, 0.1) is 12.8 Å². The lowest BCUT2D eigenvalue weighted by atomic mass is 9.83. The lowest BCUT2D eigenvalue weighted by Crippen LogP contribution is -2.42. The van der Waals surface area contributed by atoms with Gasteiger partial charge in [0.2, 0.25) is 0 Å². The Morgan fingerprint density at radius 1 is 1.11 bits per heavy atom. The van der Waals surface area contributed by atoms with Crippen LogP contribution in [0.4, 0.5) is 0 Å². The number of benzene rings is 1. The minimum Gasteiger partial charge on any atom is -0.271 e. The zero-order valence-corrected chi connectivity index (χ0v) is 12.2. The molecule has 1 unspecified atom stereocenters. The van der Waals surface area contributed by atoms with Gasteiger partial charge in [0.05, 0.1) is 0 Å². The van der Waals surface area contributed by atoms with E-state index in [1.807, 2.05) is 0 Å². The van der Waals surface area contributed by atoms with E-state index < -0.39 is 0 Å². The van der Waals surface area contributed by atoms with Crippen molar-refractivity contribution in [2.75, 3.05) is 0 Å². The number of rotatable bonds is 4. The Balaban J connectivity index is 2.00. The molecule has 1 aromatic rings. The molecule has 1 aliphatic carbocycles. The van der Waals surface area contributed by atoms with Crippen LogP contribution in [0.2, 0.25) is 0 Å². The van der Waals surface area contributed by atoms with E-state index >= 15 is 0 Å². The van der Waals surface area contributed by atoms with Crippen LogP contribution in [0.15, 0.2) is 24.3 Å². The van der Waals surface area contributed by atoms with Crippen molar-refractivity contribution >= 4 is 0 Å². The van der Waals surface area contributed by atoms with Gasteiger partial charge in [0.25, 0.3) is 0 Å². The lowest BCUT2D eigenvalue weighted by molar-refractivity contribution is 0.285. The SMILES string of the molecule is Cc1ccccc1CC(NN)C1CCCCCCC1. The van der Waals surface area contributed by atoms with E-state index in [2.05, 4.69) is 36.6 Å². The summed E-state index contributed by atoms with van der Waals surface area (Å²) < 4.78 is 0. The number of nitrogens with one attached hydrogen (secondary N) is 1. The average molecular weight is 260 g/mol. The van der Waals surface area contributed by atoms with Crippen molar-refractivity contribution in [1.82, 2.24) is 5.43 Å². The minimum atomic E-state index is 0.430. The van der Waals surface area contributed by atoms with Crippen LogP contribution in [0.25, 0.3) is 0 Å². The fourth-order valence-corrected chi connectivity index (χ4v) is 3.33. The Hall–Kier alpha value is -0.860. The maximum absolute atomic E-state index is 5.84. The van der Waals surface area contributed by atoms with Gasteiger partial charge in [-0.25, -0.2) is 0 Å². The highest BCUT2D eigenvalue weighted by molar-refractivity contribution is 5.26. The third kappa shape index (κ3) is 4.32. The molecule has 2 rings (SSSR count). The monoisotopic (exact) mass is 260 g/mol. The minimum absolute atomic E-state index is 0.430. The fraction of sp³-hybridized carbons (Fsp3) is 0.647. The second kappa shape index (κ2) is 7.66. The first kappa shape index (κ1) is 14.5. The fourth-order valence-electron chi connectivity index (χ4n) is 3.33. The number of hydrazine groups is 1. The highest BCUT2D eigenvalue weighted by Gasteiger charge is 2.21. The highest BCUT2D eigenvalue weighted by atomic mass is 15.2. The Morgan fingerprint density at radius 3 is 2.37 bits per heavy atom. The van der Waals surface area contributed by atoms with Gasteiger partial charge in [-0.2, -0.15) is 0 Å². The number of nitrogens with two attached hydrogens (primary N) is 1. The van der Waals surface area contributed by atoms with E-state index in [4.69, 9.17) is 5.84 Å². The molecule has 1 aromatic carbocycles. The van der Waals surface area contributed by atoms with E-state index in [9.17, 15) is 0 Å². The highest BCUT2D eigenvalue weighted by Crippen LogP contribution is 2.26. The van der Waals surface area contributed by atoms with Crippen molar-refractivity contribution < 1.29 is 0 Å². The van der Waals surface area contributed by atoms with Gasteiger partial charge in [-0.15, -0.1) is 0 Å². The molecule has 3 N–H and O–H groups in total. The molecule has 2 nitrogen and oxygen atoms in total. The molecule has 1 saturated carbocycles. The molecule has 0 bridgehead atoms. The maximum Gasteiger partial charge on any atom is 0.0279 e. The van der Waals surface area contributed by atoms with Crippen molar-refractivity contribution in [3.8, 4) is 0 Å². The van der Waals surface area contributed by atoms with Crippen LogP contribution in [0.3, 0.4) is 0 Å². The Labute approximate surface area is 117 Å². The maximum atomic E-state index is 5.84. The van der Waals surface area contributed by atoms with E-state index in [1.165, 1.54) is 56.1 Å². The van der Waals surface area contributed by atoms with Gasteiger partial charge >= 0.3 is 0 Å². The molecular weight excluding hydrogens is 232 g/mol. The van der Waals surface area contributed by atoms with E-state index in [-0.39, 0.29) is 0 Å². The molecule has 0 aliphatic heterocycles. The van der Waals surface area contributed by atoms with Crippen LogP contribution in [-0.2, 0) is 6.42 Å². The van der Waals surface area contributed by atoms with Crippen LogP contribution in [0.5, 0.6) is 0 Å². The summed E-state index contributed by atoms with van der Waals surface area (Å²) in [7, 11) is 0. The predicted octanol–water partition coefficient (Wildman–Crippen LogP) is 3.73. The first-order valence-corrected chi connectivity index (χ1v) is 7.82. The molecule has 19 heavy (non-hydrogen) atoms. The number of hydrogen-bond donors (Lipinski definition) is 2. The topological polar surface area (TPSA) is 38.0 Å². The molecule has 106 valence electrons. The second-order valence-corrected chi connectivity index (χ2v) is 6.01. The molecule has 0 aromatic heterocycles. The molecule has 2 heteroatoms. The standard InChI is InChI=1S/C17H28N2/c1-14-9-7-8-12-16(14)13-17(19-18)15-10-5-3-2-4-6-11-15/h7-9,12,15,17,19H,2-6,10-11,13,18H2,1H3. The van der Waals surface area contributed by atoms with Crippen LogP contribution in [0.1, 0.15) is 56.1 Å². The van der Waals surface area contributed by atoms with Gasteiger partial charge in [-0.05, 0) is 43.2 Å². The molecule has 0 spiro atoms. The van der Waals surface area contributed by atoms with Crippen molar-refractivity contribution in [2.45, 2.75) is 64.3 Å². The first-order chi connectivity index (χ1) is 9.31. The summed E-state index contributed by atoms with van der Waals surface area (Å²) in [5.74, 6) is 6.58. The second-order valence-electron chi connectivity index (χ2n) is 6.01. The van der Waals surface area contributed by atoms with E-state index in [0.29, 0.717) is 6.04 Å². The van der Waals surface area contributed by atoms with Crippen molar-refractivity contribution in [3.63, 3.8) is 0 Å². The van der Waals surface area contributed by atoms with E-state index in [0.717, 1.165) is 12.3 Å². The summed E-state index contributed by atoms with van der Waals surface area (Å²) in [5.41, 5.74) is 5.92. The van der Waals surface area contributed by atoms with Gasteiger partial charge in [-0.3, -0.25) is 11.3 Å². The van der Waals surface area contributed by atoms with Crippen molar-refractivity contribution in [3.05, 3.63) is 35.4 Å². The molecule has 1 fully saturated rings. The largest absolute Gasteiger partial charge is 0.271 e. The summed E-state index contributed by atoms with van der Waals surface area (Å²) in [4.78, 5) is 0. The molecule has 1 atom stereocenters. The molecule has 0 saturated heterocycles. The third-order valence-electron chi connectivity index (χ3n) is 4.63. The zero-order chi connectivity index (χ0) is 13.5. The summed E-state index contributed by atoms with van der Waals surface area (Å²) in [6, 6.07) is 9.11. The normalized spacial score (nSPS) is 19.7. The van der Waals surface area contributed by atoms with Gasteiger partial charge in [0.15, 0.2) is 0 Å². The third-order valence-corrected chi connectivity index (χ3v) is 4.63. The Morgan fingerprint density at radius 2 is 1.74 bits per heavy atom. The Bertz CT molecular complexity index is 367. The average Bonchev–Trinajstić information content (AvgIpc) is 2.38.